The predicted molar refractivity (Wildman–Crippen MR) is 59.0 cm³/mol. The van der Waals surface area contributed by atoms with Crippen LogP contribution in [0.1, 0.15) is 12.5 Å². The van der Waals surface area contributed by atoms with Crippen LogP contribution in [0.4, 0.5) is 0 Å². The monoisotopic (exact) mass is 258 g/mol. The average Bonchev–Trinajstić information content (AvgIpc) is 2.15. The molecule has 1 nitrogen and oxygen atoms in total. The van der Waals surface area contributed by atoms with Crippen molar-refractivity contribution in [3.05, 3.63) is 39.3 Å². The maximum atomic E-state index is 10.5. The van der Waals surface area contributed by atoms with Crippen LogP contribution in [0.2, 0.25) is 5.02 Å². The second kappa shape index (κ2) is 4.58. The number of carbonyl (C=O) groups excluding carboxylic acids is 1. The molecule has 0 bridgehead atoms. The smallest absolute Gasteiger partial charge is 0.157 e. The Morgan fingerprint density at radius 2 is 2.23 bits per heavy atom. The van der Waals surface area contributed by atoms with Crippen molar-refractivity contribution >= 4 is 39.4 Å². The van der Waals surface area contributed by atoms with Crippen molar-refractivity contribution in [2.45, 2.75) is 6.92 Å². The average molecular weight is 260 g/mol. The van der Waals surface area contributed by atoms with Gasteiger partial charge in [-0.05, 0) is 46.1 Å². The van der Waals surface area contributed by atoms with Gasteiger partial charge in [0.25, 0.3) is 0 Å². The van der Waals surface area contributed by atoms with Crippen molar-refractivity contribution < 1.29 is 4.79 Å². The highest BCUT2D eigenvalue weighted by Gasteiger charge is 2.01. The van der Waals surface area contributed by atoms with Gasteiger partial charge in [-0.15, -0.1) is 0 Å². The summed E-state index contributed by atoms with van der Waals surface area (Å²) in [4.78, 5) is 10.5. The third-order valence-corrected chi connectivity index (χ3v) is 2.74. The van der Waals surface area contributed by atoms with E-state index < -0.39 is 0 Å². The summed E-state index contributed by atoms with van der Waals surface area (Å²) in [5.74, 6) is 0. The topological polar surface area (TPSA) is 17.1 Å². The minimum Gasteiger partial charge on any atom is -0.297 e. The van der Waals surface area contributed by atoms with Crippen molar-refractivity contribution in [3.8, 4) is 0 Å². The van der Waals surface area contributed by atoms with Crippen LogP contribution >= 0.6 is 27.5 Å². The Morgan fingerprint density at radius 1 is 1.54 bits per heavy atom. The first kappa shape index (κ1) is 10.5. The predicted octanol–water partition coefficient (Wildman–Crippen LogP) is 3.66. The molecule has 0 aliphatic rings. The van der Waals surface area contributed by atoms with E-state index in [2.05, 4.69) is 15.9 Å². The van der Waals surface area contributed by atoms with Crippen molar-refractivity contribution in [2.24, 2.45) is 0 Å². The summed E-state index contributed by atoms with van der Waals surface area (Å²) in [6.45, 7) is 1.87. The Labute approximate surface area is 90.5 Å². The number of hydrogen-bond donors (Lipinski definition) is 0. The lowest BCUT2D eigenvalue weighted by atomic mass is 10.1. The summed E-state index contributed by atoms with van der Waals surface area (Å²) < 4.78 is 0.551. The molecule has 0 amide bonds. The Bertz CT molecular complexity index is 358. The minimum absolute atomic E-state index is 0.551. The second-order valence-electron chi connectivity index (χ2n) is 2.60. The van der Waals surface area contributed by atoms with Gasteiger partial charge in [0.2, 0.25) is 0 Å². The fraction of sp³-hybridized carbons (Fsp3) is 0.100. The van der Waals surface area contributed by atoms with Gasteiger partial charge in [0, 0.05) is 5.02 Å². The van der Waals surface area contributed by atoms with Gasteiger partial charge >= 0.3 is 0 Å². The molecular weight excluding hydrogens is 251 g/mol. The number of benzene rings is 1. The zero-order valence-corrected chi connectivity index (χ0v) is 9.39. The molecule has 3 heteroatoms. The van der Waals surface area contributed by atoms with Crippen molar-refractivity contribution in [1.29, 1.82) is 0 Å². The highest BCUT2D eigenvalue weighted by Crippen LogP contribution is 2.23. The molecule has 0 N–H and O–H groups in total. The van der Waals surface area contributed by atoms with Gasteiger partial charge in [0.1, 0.15) is 0 Å². The van der Waals surface area contributed by atoms with E-state index in [-0.39, 0.29) is 0 Å². The molecule has 0 radical (unpaired) electrons. The number of allylic oxidation sites excluding steroid dienone is 2. The fourth-order valence-electron chi connectivity index (χ4n) is 0.948. The largest absolute Gasteiger partial charge is 0.297 e. The van der Waals surface area contributed by atoms with Crippen LogP contribution < -0.4 is 0 Å². The summed E-state index contributed by atoms with van der Waals surface area (Å²) in [6.07, 6.45) is 0.774. The van der Waals surface area contributed by atoms with Gasteiger partial charge in [0.15, 0.2) is 6.29 Å². The number of rotatable bonds is 2. The summed E-state index contributed by atoms with van der Waals surface area (Å²) >= 11 is 8.98. The third kappa shape index (κ3) is 2.68. The van der Waals surface area contributed by atoms with E-state index in [1.54, 1.807) is 6.07 Å². The molecule has 0 unspecified atom stereocenters. The van der Waals surface area contributed by atoms with E-state index in [0.717, 1.165) is 17.4 Å². The van der Waals surface area contributed by atoms with Crippen LogP contribution in [0, 0.1) is 0 Å². The maximum absolute atomic E-state index is 10.5. The van der Waals surface area contributed by atoms with Gasteiger partial charge in [-0.3, -0.25) is 4.79 Å². The minimum atomic E-state index is 0.551. The van der Waals surface area contributed by atoms with E-state index in [9.17, 15) is 4.79 Å². The van der Waals surface area contributed by atoms with Gasteiger partial charge < -0.3 is 0 Å². The van der Waals surface area contributed by atoms with Crippen LogP contribution in [-0.2, 0) is 4.79 Å². The lowest BCUT2D eigenvalue weighted by Gasteiger charge is -2.02. The van der Waals surface area contributed by atoms with Gasteiger partial charge in [0.05, 0.1) is 4.48 Å². The lowest BCUT2D eigenvalue weighted by Crippen LogP contribution is -1.83. The zero-order valence-electron chi connectivity index (χ0n) is 7.05. The van der Waals surface area contributed by atoms with Crippen LogP contribution in [0.5, 0.6) is 0 Å². The molecule has 0 fully saturated rings. The molecule has 1 rings (SSSR count). The number of halogens is 2. The lowest BCUT2D eigenvalue weighted by molar-refractivity contribution is -0.104. The SMILES string of the molecule is C/C(=C(/Br)C=O)c1cccc(Cl)c1. The van der Waals surface area contributed by atoms with Crippen LogP contribution in [0.3, 0.4) is 0 Å². The van der Waals surface area contributed by atoms with Gasteiger partial charge in [-0.1, -0.05) is 23.7 Å². The quantitative estimate of drug-likeness (QED) is 0.585. The summed E-state index contributed by atoms with van der Waals surface area (Å²) in [5.41, 5.74) is 1.84. The van der Waals surface area contributed by atoms with Crippen molar-refractivity contribution in [2.75, 3.05) is 0 Å². The van der Waals surface area contributed by atoms with Crippen LogP contribution in [0.15, 0.2) is 28.7 Å². The van der Waals surface area contributed by atoms with Crippen molar-refractivity contribution in [3.63, 3.8) is 0 Å². The molecule has 1 aromatic carbocycles. The first-order chi connectivity index (χ1) is 6.15. The molecular formula is C10H8BrClO. The number of carbonyl (C=O) groups is 1. The Kier molecular flexibility index (Phi) is 3.70. The fourth-order valence-corrected chi connectivity index (χ4v) is 1.37. The van der Waals surface area contributed by atoms with Crippen molar-refractivity contribution in [1.82, 2.24) is 0 Å². The summed E-state index contributed by atoms with van der Waals surface area (Å²) in [7, 11) is 0. The third-order valence-electron chi connectivity index (χ3n) is 1.72. The molecule has 68 valence electrons. The molecule has 0 aliphatic carbocycles. The van der Waals surface area contributed by atoms with E-state index >= 15 is 0 Å². The van der Waals surface area contributed by atoms with Gasteiger partial charge in [-0.2, -0.15) is 0 Å². The number of aldehydes is 1. The molecule has 0 aromatic heterocycles. The highest BCUT2D eigenvalue weighted by atomic mass is 79.9. The van der Waals surface area contributed by atoms with E-state index in [1.165, 1.54) is 0 Å². The molecule has 0 aliphatic heterocycles. The molecule has 0 heterocycles. The van der Waals surface area contributed by atoms with Crippen LogP contribution in [0.25, 0.3) is 5.57 Å². The van der Waals surface area contributed by atoms with E-state index in [1.807, 2.05) is 25.1 Å². The van der Waals surface area contributed by atoms with E-state index in [0.29, 0.717) is 9.51 Å². The number of hydrogen-bond acceptors (Lipinski definition) is 1. The Balaban J connectivity index is 3.16. The summed E-state index contributed by atoms with van der Waals surface area (Å²) in [6, 6.07) is 7.38. The first-order valence-electron chi connectivity index (χ1n) is 3.72. The van der Waals surface area contributed by atoms with Gasteiger partial charge in [-0.25, -0.2) is 0 Å². The Hall–Kier alpha value is -0.600. The van der Waals surface area contributed by atoms with E-state index in [4.69, 9.17) is 11.6 Å². The normalized spacial score (nSPS) is 12.2. The first-order valence-corrected chi connectivity index (χ1v) is 4.89. The molecule has 0 saturated carbocycles. The molecule has 13 heavy (non-hydrogen) atoms. The molecule has 0 atom stereocenters. The highest BCUT2D eigenvalue weighted by molar-refractivity contribution is 9.12. The Morgan fingerprint density at radius 3 is 2.77 bits per heavy atom. The second-order valence-corrected chi connectivity index (χ2v) is 3.89. The maximum Gasteiger partial charge on any atom is 0.157 e. The summed E-state index contributed by atoms with van der Waals surface area (Å²) in [5, 5.41) is 0.669. The zero-order chi connectivity index (χ0) is 9.84. The molecule has 0 saturated heterocycles. The molecule has 0 spiro atoms. The molecule has 1 aromatic rings. The van der Waals surface area contributed by atoms with Crippen LogP contribution in [-0.4, -0.2) is 6.29 Å². The standard InChI is InChI=1S/C10H8BrClO/c1-7(10(11)6-13)8-3-2-4-9(12)5-8/h2-6H,1H3/b10-7-.